The van der Waals surface area contributed by atoms with Gasteiger partial charge in [-0.3, -0.25) is 0 Å². The van der Waals surface area contributed by atoms with Gasteiger partial charge in [0, 0.05) is 24.3 Å². The van der Waals surface area contributed by atoms with Gasteiger partial charge in [-0.2, -0.15) is 0 Å². The first-order chi connectivity index (χ1) is 8.70. The van der Waals surface area contributed by atoms with Crippen LogP contribution in [0.1, 0.15) is 16.8 Å². The lowest BCUT2D eigenvalue weighted by Crippen LogP contribution is -2.15. The van der Waals surface area contributed by atoms with Gasteiger partial charge in [0.05, 0.1) is 20.3 Å². The van der Waals surface area contributed by atoms with Crippen LogP contribution in [0, 0.1) is 5.92 Å². The van der Waals surface area contributed by atoms with E-state index in [1.165, 1.54) is 7.11 Å². The van der Waals surface area contributed by atoms with Crippen LogP contribution in [0.2, 0.25) is 0 Å². The molecule has 0 aliphatic carbocycles. The van der Waals surface area contributed by atoms with Gasteiger partial charge in [-0.15, -0.1) is 0 Å². The van der Waals surface area contributed by atoms with Gasteiger partial charge < -0.3 is 19.9 Å². The third-order valence-electron chi connectivity index (χ3n) is 2.92. The fourth-order valence-electron chi connectivity index (χ4n) is 1.86. The molecule has 1 aliphatic rings. The molecule has 18 heavy (non-hydrogen) atoms. The summed E-state index contributed by atoms with van der Waals surface area (Å²) in [5.74, 6) is 0.343. The summed E-state index contributed by atoms with van der Waals surface area (Å²) >= 11 is 0. The van der Waals surface area contributed by atoms with E-state index in [-0.39, 0.29) is 0 Å². The second-order valence-electron chi connectivity index (χ2n) is 4.29. The van der Waals surface area contributed by atoms with E-state index in [0.29, 0.717) is 36.1 Å². The second-order valence-corrected chi connectivity index (χ2v) is 4.29. The van der Waals surface area contributed by atoms with Crippen LogP contribution in [0.25, 0.3) is 0 Å². The van der Waals surface area contributed by atoms with E-state index < -0.39 is 5.97 Å². The predicted molar refractivity (Wildman–Crippen MR) is 66.6 cm³/mol. The molecule has 98 valence electrons. The van der Waals surface area contributed by atoms with Crippen molar-refractivity contribution in [1.29, 1.82) is 0 Å². The monoisotopic (exact) mass is 251 g/mol. The number of anilines is 1. The van der Waals surface area contributed by atoms with Crippen LogP contribution in [-0.2, 0) is 9.47 Å². The number of methoxy groups -OCH3 is 1. The number of carbonyl (C=O) groups excluding carboxylic acids is 1. The largest absolute Gasteiger partial charge is 0.496 e. The van der Waals surface area contributed by atoms with Crippen molar-refractivity contribution in [3.05, 3.63) is 23.8 Å². The van der Waals surface area contributed by atoms with Gasteiger partial charge in [0.15, 0.2) is 0 Å². The highest BCUT2D eigenvalue weighted by atomic mass is 16.5. The van der Waals surface area contributed by atoms with E-state index in [4.69, 9.17) is 19.9 Å². The van der Waals surface area contributed by atoms with Crippen molar-refractivity contribution in [2.24, 2.45) is 5.92 Å². The molecule has 0 spiro atoms. The number of nitrogens with two attached hydrogens (primary N) is 1. The van der Waals surface area contributed by atoms with Crippen molar-refractivity contribution in [3.8, 4) is 5.75 Å². The first kappa shape index (κ1) is 12.7. The molecule has 0 radical (unpaired) electrons. The fraction of sp³-hybridized carbons (Fsp3) is 0.462. The highest BCUT2D eigenvalue weighted by Gasteiger charge is 2.19. The minimum Gasteiger partial charge on any atom is -0.496 e. The van der Waals surface area contributed by atoms with Crippen LogP contribution in [0.4, 0.5) is 5.69 Å². The van der Waals surface area contributed by atoms with Crippen molar-refractivity contribution in [2.75, 3.05) is 32.7 Å². The number of carbonyl (C=O) groups is 1. The minimum absolute atomic E-state index is 0.300. The Balaban J connectivity index is 1.99. The summed E-state index contributed by atoms with van der Waals surface area (Å²) in [5, 5.41) is 0. The van der Waals surface area contributed by atoms with Gasteiger partial charge in [-0.05, 0) is 18.6 Å². The number of esters is 1. The molecular weight excluding hydrogens is 234 g/mol. The van der Waals surface area contributed by atoms with Crippen LogP contribution in [-0.4, -0.2) is 32.9 Å². The lowest BCUT2D eigenvalue weighted by Gasteiger charge is -2.11. The van der Waals surface area contributed by atoms with Crippen LogP contribution in [0.15, 0.2) is 18.2 Å². The summed E-state index contributed by atoms with van der Waals surface area (Å²) in [6, 6.07) is 4.87. The lowest BCUT2D eigenvalue weighted by atomic mass is 10.1. The van der Waals surface area contributed by atoms with Crippen molar-refractivity contribution < 1.29 is 19.0 Å². The van der Waals surface area contributed by atoms with Crippen LogP contribution in [0.3, 0.4) is 0 Å². The van der Waals surface area contributed by atoms with E-state index in [0.717, 1.165) is 13.0 Å². The summed E-state index contributed by atoms with van der Waals surface area (Å²) in [6.45, 7) is 1.78. The Kier molecular flexibility index (Phi) is 4.04. The first-order valence-corrected chi connectivity index (χ1v) is 5.89. The number of ether oxygens (including phenoxy) is 3. The molecule has 0 amide bonds. The Morgan fingerprint density at radius 1 is 1.56 bits per heavy atom. The summed E-state index contributed by atoms with van der Waals surface area (Å²) < 4.78 is 15.6. The SMILES string of the molecule is COc1cc(N)ccc1C(=O)OCC1CCOC1. The van der Waals surface area contributed by atoms with Gasteiger partial charge in [-0.25, -0.2) is 4.79 Å². The Bertz CT molecular complexity index is 427. The maximum Gasteiger partial charge on any atom is 0.341 e. The smallest absolute Gasteiger partial charge is 0.341 e. The topological polar surface area (TPSA) is 70.8 Å². The molecule has 0 aromatic heterocycles. The van der Waals surface area contributed by atoms with E-state index in [1.54, 1.807) is 18.2 Å². The minimum atomic E-state index is -0.390. The summed E-state index contributed by atoms with van der Waals surface area (Å²) in [6.07, 6.45) is 0.937. The third kappa shape index (κ3) is 2.92. The van der Waals surface area contributed by atoms with Crippen molar-refractivity contribution in [2.45, 2.75) is 6.42 Å². The quantitative estimate of drug-likeness (QED) is 0.648. The zero-order valence-electron chi connectivity index (χ0n) is 10.3. The second kappa shape index (κ2) is 5.73. The molecule has 1 unspecified atom stereocenters. The molecule has 1 aliphatic heterocycles. The van der Waals surface area contributed by atoms with E-state index in [2.05, 4.69) is 0 Å². The number of rotatable bonds is 4. The van der Waals surface area contributed by atoms with E-state index >= 15 is 0 Å². The standard InChI is InChI=1S/C13H17NO4/c1-16-12-6-10(14)2-3-11(12)13(15)18-8-9-4-5-17-7-9/h2-3,6,9H,4-5,7-8,14H2,1H3. The highest BCUT2D eigenvalue weighted by molar-refractivity contribution is 5.93. The Hall–Kier alpha value is -1.75. The molecule has 0 saturated carbocycles. The zero-order chi connectivity index (χ0) is 13.0. The molecule has 1 aromatic rings. The average molecular weight is 251 g/mol. The fourth-order valence-corrected chi connectivity index (χ4v) is 1.86. The third-order valence-corrected chi connectivity index (χ3v) is 2.92. The Labute approximate surface area is 106 Å². The molecule has 1 fully saturated rings. The highest BCUT2D eigenvalue weighted by Crippen LogP contribution is 2.23. The predicted octanol–water partition coefficient (Wildman–Crippen LogP) is 1.47. The Morgan fingerprint density at radius 3 is 3.06 bits per heavy atom. The number of hydrogen-bond donors (Lipinski definition) is 1. The van der Waals surface area contributed by atoms with Gasteiger partial charge in [0.2, 0.25) is 0 Å². The number of benzene rings is 1. The molecule has 1 saturated heterocycles. The lowest BCUT2D eigenvalue weighted by molar-refractivity contribution is 0.0425. The first-order valence-electron chi connectivity index (χ1n) is 5.89. The van der Waals surface area contributed by atoms with Crippen LogP contribution >= 0.6 is 0 Å². The van der Waals surface area contributed by atoms with Crippen LogP contribution < -0.4 is 10.5 Å². The molecule has 5 heteroatoms. The van der Waals surface area contributed by atoms with E-state index in [1.807, 2.05) is 0 Å². The molecule has 5 nitrogen and oxygen atoms in total. The Morgan fingerprint density at radius 2 is 2.39 bits per heavy atom. The summed E-state index contributed by atoms with van der Waals surface area (Å²) in [5.41, 5.74) is 6.57. The summed E-state index contributed by atoms with van der Waals surface area (Å²) in [7, 11) is 1.50. The van der Waals surface area contributed by atoms with Crippen molar-refractivity contribution >= 4 is 11.7 Å². The maximum absolute atomic E-state index is 11.9. The normalized spacial score (nSPS) is 18.6. The zero-order valence-corrected chi connectivity index (χ0v) is 10.3. The van der Waals surface area contributed by atoms with Gasteiger partial charge in [0.1, 0.15) is 11.3 Å². The number of hydrogen-bond acceptors (Lipinski definition) is 5. The molecule has 2 N–H and O–H groups in total. The summed E-state index contributed by atoms with van der Waals surface area (Å²) in [4.78, 5) is 11.9. The number of nitrogen functional groups attached to an aromatic ring is 1. The molecule has 1 heterocycles. The van der Waals surface area contributed by atoms with Crippen molar-refractivity contribution in [1.82, 2.24) is 0 Å². The molecule has 1 atom stereocenters. The van der Waals surface area contributed by atoms with Gasteiger partial charge in [-0.1, -0.05) is 0 Å². The molecule has 1 aromatic carbocycles. The van der Waals surface area contributed by atoms with Crippen LogP contribution in [0.5, 0.6) is 5.75 Å². The molecular formula is C13H17NO4. The molecule has 2 rings (SSSR count). The van der Waals surface area contributed by atoms with E-state index in [9.17, 15) is 4.79 Å². The van der Waals surface area contributed by atoms with Gasteiger partial charge in [0.25, 0.3) is 0 Å². The van der Waals surface area contributed by atoms with Gasteiger partial charge >= 0.3 is 5.97 Å². The van der Waals surface area contributed by atoms with Crippen molar-refractivity contribution in [3.63, 3.8) is 0 Å². The maximum atomic E-state index is 11.9. The average Bonchev–Trinajstić information content (AvgIpc) is 2.88. The molecule has 0 bridgehead atoms.